The van der Waals surface area contributed by atoms with Gasteiger partial charge in [-0.3, -0.25) is 9.59 Å². The second-order valence-electron chi connectivity index (χ2n) is 5.06. The SMILES string of the molecule is CCC1NC(=O)CN(C2(C)CCOCC2)C1=O. The average Bonchev–Trinajstić information content (AvgIpc) is 2.32. The molecule has 2 aliphatic rings. The van der Waals surface area contributed by atoms with E-state index >= 15 is 0 Å². The highest BCUT2D eigenvalue weighted by atomic mass is 16.5. The first-order valence-electron chi connectivity index (χ1n) is 6.25. The molecule has 2 amide bonds. The summed E-state index contributed by atoms with van der Waals surface area (Å²) in [5.74, 6) is 0.000617. The van der Waals surface area contributed by atoms with Gasteiger partial charge < -0.3 is 15.0 Å². The molecule has 2 fully saturated rings. The van der Waals surface area contributed by atoms with Crippen LogP contribution in [0.4, 0.5) is 0 Å². The van der Waals surface area contributed by atoms with Gasteiger partial charge in [0.25, 0.3) is 0 Å². The maximum atomic E-state index is 12.3. The van der Waals surface area contributed by atoms with Gasteiger partial charge in [-0.15, -0.1) is 0 Å². The zero-order valence-corrected chi connectivity index (χ0v) is 10.5. The zero-order valence-electron chi connectivity index (χ0n) is 10.5. The van der Waals surface area contributed by atoms with E-state index in [0.717, 1.165) is 12.8 Å². The van der Waals surface area contributed by atoms with E-state index < -0.39 is 0 Å². The second kappa shape index (κ2) is 4.64. The number of hydrogen-bond acceptors (Lipinski definition) is 3. The summed E-state index contributed by atoms with van der Waals surface area (Å²) in [6.07, 6.45) is 2.26. The van der Waals surface area contributed by atoms with Crippen molar-refractivity contribution in [3.05, 3.63) is 0 Å². The van der Waals surface area contributed by atoms with Crippen molar-refractivity contribution >= 4 is 11.8 Å². The molecule has 1 unspecified atom stereocenters. The summed E-state index contributed by atoms with van der Waals surface area (Å²) in [6, 6.07) is -0.351. The molecule has 0 saturated carbocycles. The fraction of sp³-hybridized carbons (Fsp3) is 0.833. The van der Waals surface area contributed by atoms with Crippen LogP contribution in [-0.4, -0.2) is 48.1 Å². The van der Waals surface area contributed by atoms with Crippen LogP contribution in [0.1, 0.15) is 33.1 Å². The van der Waals surface area contributed by atoms with Crippen LogP contribution in [0.15, 0.2) is 0 Å². The molecule has 5 nitrogen and oxygen atoms in total. The molecule has 0 radical (unpaired) electrons. The summed E-state index contributed by atoms with van der Waals surface area (Å²) in [5, 5.41) is 2.74. The van der Waals surface area contributed by atoms with Gasteiger partial charge in [-0.25, -0.2) is 0 Å². The largest absolute Gasteiger partial charge is 0.381 e. The van der Waals surface area contributed by atoms with E-state index in [2.05, 4.69) is 12.2 Å². The zero-order chi connectivity index (χ0) is 12.5. The molecule has 0 spiro atoms. The Morgan fingerprint density at radius 1 is 1.41 bits per heavy atom. The Balaban J connectivity index is 2.17. The Morgan fingerprint density at radius 2 is 2.06 bits per heavy atom. The van der Waals surface area contributed by atoms with E-state index in [9.17, 15) is 9.59 Å². The van der Waals surface area contributed by atoms with Gasteiger partial charge >= 0.3 is 0 Å². The Morgan fingerprint density at radius 3 is 2.65 bits per heavy atom. The first-order chi connectivity index (χ1) is 8.07. The van der Waals surface area contributed by atoms with Gasteiger partial charge in [0.2, 0.25) is 11.8 Å². The molecule has 2 saturated heterocycles. The predicted molar refractivity (Wildman–Crippen MR) is 62.4 cm³/mol. The van der Waals surface area contributed by atoms with Crippen LogP contribution in [0.2, 0.25) is 0 Å². The predicted octanol–water partition coefficient (Wildman–Crippen LogP) is 0.292. The monoisotopic (exact) mass is 240 g/mol. The molecule has 0 aromatic heterocycles. The number of hydrogen-bond donors (Lipinski definition) is 1. The number of rotatable bonds is 2. The molecule has 17 heavy (non-hydrogen) atoms. The molecule has 2 aliphatic heterocycles. The molecule has 0 aromatic rings. The summed E-state index contributed by atoms with van der Waals surface area (Å²) in [4.78, 5) is 25.7. The highest BCUT2D eigenvalue weighted by molar-refractivity contribution is 5.95. The molecule has 2 heterocycles. The standard InChI is InChI=1S/C12H20N2O3/c1-3-9-11(16)14(8-10(15)13-9)12(2)4-6-17-7-5-12/h9H,3-8H2,1-2H3,(H,13,15). The van der Waals surface area contributed by atoms with Crippen molar-refractivity contribution in [2.45, 2.75) is 44.7 Å². The van der Waals surface area contributed by atoms with Crippen LogP contribution >= 0.6 is 0 Å². The number of nitrogens with one attached hydrogen (secondary N) is 1. The van der Waals surface area contributed by atoms with E-state index in [1.807, 2.05) is 6.92 Å². The quantitative estimate of drug-likeness (QED) is 0.755. The first-order valence-corrected chi connectivity index (χ1v) is 6.25. The van der Waals surface area contributed by atoms with Crippen LogP contribution in [-0.2, 0) is 14.3 Å². The molecule has 5 heteroatoms. The number of nitrogens with zero attached hydrogens (tertiary/aromatic N) is 1. The summed E-state index contributed by atoms with van der Waals surface area (Å²) in [7, 11) is 0. The molecule has 0 bridgehead atoms. The smallest absolute Gasteiger partial charge is 0.246 e. The molecular weight excluding hydrogens is 220 g/mol. The van der Waals surface area contributed by atoms with Crippen LogP contribution in [0.25, 0.3) is 0 Å². The number of ether oxygens (including phenoxy) is 1. The molecule has 2 rings (SSSR count). The Bertz CT molecular complexity index is 324. The lowest BCUT2D eigenvalue weighted by molar-refractivity contribution is -0.154. The average molecular weight is 240 g/mol. The molecule has 0 aliphatic carbocycles. The number of carbonyl (C=O) groups excluding carboxylic acids is 2. The third kappa shape index (κ3) is 2.29. The van der Waals surface area contributed by atoms with Crippen LogP contribution < -0.4 is 5.32 Å². The van der Waals surface area contributed by atoms with Gasteiger partial charge in [0.05, 0.1) is 0 Å². The lowest BCUT2D eigenvalue weighted by Crippen LogP contribution is -2.65. The number of amides is 2. The fourth-order valence-electron chi connectivity index (χ4n) is 2.53. The van der Waals surface area contributed by atoms with E-state index in [1.54, 1.807) is 4.90 Å². The maximum Gasteiger partial charge on any atom is 0.246 e. The highest BCUT2D eigenvalue weighted by Gasteiger charge is 2.42. The van der Waals surface area contributed by atoms with Crippen molar-refractivity contribution in [3.63, 3.8) is 0 Å². The van der Waals surface area contributed by atoms with Gasteiger partial charge in [0.15, 0.2) is 0 Å². The summed E-state index contributed by atoms with van der Waals surface area (Å²) in [6.45, 7) is 5.49. The lowest BCUT2D eigenvalue weighted by atomic mass is 9.88. The van der Waals surface area contributed by atoms with E-state index in [0.29, 0.717) is 19.6 Å². The normalized spacial score (nSPS) is 29.1. The Kier molecular flexibility index (Phi) is 3.38. The van der Waals surface area contributed by atoms with Gasteiger partial charge in [0, 0.05) is 18.8 Å². The van der Waals surface area contributed by atoms with E-state index in [-0.39, 0.29) is 29.9 Å². The molecule has 0 aromatic carbocycles. The third-order valence-corrected chi connectivity index (χ3v) is 3.83. The minimum Gasteiger partial charge on any atom is -0.381 e. The maximum absolute atomic E-state index is 12.3. The van der Waals surface area contributed by atoms with Crippen molar-refractivity contribution < 1.29 is 14.3 Å². The second-order valence-corrected chi connectivity index (χ2v) is 5.06. The van der Waals surface area contributed by atoms with Crippen molar-refractivity contribution in [1.82, 2.24) is 10.2 Å². The minimum atomic E-state index is -0.351. The van der Waals surface area contributed by atoms with Gasteiger partial charge in [-0.1, -0.05) is 6.92 Å². The minimum absolute atomic E-state index is 0.0517. The van der Waals surface area contributed by atoms with Crippen LogP contribution in [0, 0.1) is 0 Å². The van der Waals surface area contributed by atoms with Gasteiger partial charge in [0.1, 0.15) is 12.6 Å². The third-order valence-electron chi connectivity index (χ3n) is 3.83. The fourth-order valence-corrected chi connectivity index (χ4v) is 2.53. The molecule has 96 valence electrons. The Hall–Kier alpha value is -1.10. The number of carbonyl (C=O) groups is 2. The number of piperazine rings is 1. The van der Waals surface area contributed by atoms with Crippen molar-refractivity contribution in [2.75, 3.05) is 19.8 Å². The van der Waals surface area contributed by atoms with E-state index in [4.69, 9.17) is 4.74 Å². The summed E-state index contributed by atoms with van der Waals surface area (Å²) in [5.41, 5.74) is -0.222. The lowest BCUT2D eigenvalue weighted by Gasteiger charge is -2.46. The van der Waals surface area contributed by atoms with Crippen molar-refractivity contribution in [3.8, 4) is 0 Å². The topological polar surface area (TPSA) is 58.6 Å². The Labute approximate surface area is 101 Å². The van der Waals surface area contributed by atoms with Crippen LogP contribution in [0.5, 0.6) is 0 Å². The first kappa shape index (κ1) is 12.4. The van der Waals surface area contributed by atoms with Gasteiger partial charge in [-0.2, -0.15) is 0 Å². The summed E-state index contributed by atoms with van der Waals surface area (Å²) < 4.78 is 5.33. The van der Waals surface area contributed by atoms with Crippen molar-refractivity contribution in [2.24, 2.45) is 0 Å². The van der Waals surface area contributed by atoms with E-state index in [1.165, 1.54) is 0 Å². The highest BCUT2D eigenvalue weighted by Crippen LogP contribution is 2.29. The summed E-state index contributed by atoms with van der Waals surface area (Å²) >= 11 is 0. The van der Waals surface area contributed by atoms with Crippen LogP contribution in [0.3, 0.4) is 0 Å². The van der Waals surface area contributed by atoms with Gasteiger partial charge in [-0.05, 0) is 26.2 Å². The molecule has 1 atom stereocenters. The molecule has 1 N–H and O–H groups in total. The van der Waals surface area contributed by atoms with Crippen molar-refractivity contribution in [1.29, 1.82) is 0 Å². The molecular formula is C12H20N2O3.